The molecule has 33 heavy (non-hydrogen) atoms. The van der Waals surface area contributed by atoms with E-state index in [-0.39, 0.29) is 24.9 Å². The van der Waals surface area contributed by atoms with Crippen LogP contribution in [-0.4, -0.2) is 50.9 Å². The number of imide groups is 1. The highest BCUT2D eigenvalue weighted by Gasteiger charge is 2.32. The molecule has 0 unspecified atom stereocenters. The van der Waals surface area contributed by atoms with Crippen LogP contribution in [0.2, 0.25) is 0 Å². The van der Waals surface area contributed by atoms with Crippen LogP contribution in [0.5, 0.6) is 0 Å². The summed E-state index contributed by atoms with van der Waals surface area (Å²) in [5.74, 6) is 0.172. The van der Waals surface area contributed by atoms with Gasteiger partial charge < -0.3 is 4.90 Å². The predicted molar refractivity (Wildman–Crippen MR) is 127 cm³/mol. The third-order valence-corrected chi connectivity index (χ3v) is 6.05. The second kappa shape index (κ2) is 8.50. The Hall–Kier alpha value is -4.00. The molecule has 2 amide bonds. The Balaban J connectivity index is 1.39. The summed E-state index contributed by atoms with van der Waals surface area (Å²) < 4.78 is 1.76. The summed E-state index contributed by atoms with van der Waals surface area (Å²) in [5, 5.41) is 4.71. The van der Waals surface area contributed by atoms with Crippen molar-refractivity contribution in [3.05, 3.63) is 83.7 Å². The van der Waals surface area contributed by atoms with Crippen molar-refractivity contribution >= 4 is 23.1 Å². The van der Waals surface area contributed by atoms with E-state index in [0.717, 1.165) is 27.9 Å². The zero-order valence-electron chi connectivity index (χ0n) is 18.7. The second-order valence-corrected chi connectivity index (χ2v) is 8.46. The minimum atomic E-state index is -0.208. The molecule has 0 spiro atoms. The van der Waals surface area contributed by atoms with Gasteiger partial charge >= 0.3 is 0 Å². The summed E-state index contributed by atoms with van der Waals surface area (Å²) in [7, 11) is 0. The molecule has 7 heteroatoms. The maximum atomic E-state index is 12.9. The summed E-state index contributed by atoms with van der Waals surface area (Å²) in [6.07, 6.45) is 4.08. The van der Waals surface area contributed by atoms with E-state index >= 15 is 0 Å². The van der Waals surface area contributed by atoms with Crippen molar-refractivity contribution in [1.82, 2.24) is 19.5 Å². The number of carbonyl (C=O) groups excluding carboxylic acids is 2. The number of benzene rings is 2. The van der Waals surface area contributed by atoms with Gasteiger partial charge in [-0.2, -0.15) is 5.10 Å². The largest absolute Gasteiger partial charge is 0.336 e. The fourth-order valence-electron chi connectivity index (χ4n) is 4.36. The van der Waals surface area contributed by atoms with Crippen molar-refractivity contribution in [3.63, 3.8) is 0 Å². The topological polar surface area (TPSA) is 70.8 Å². The van der Waals surface area contributed by atoms with Crippen LogP contribution < -0.4 is 4.90 Å². The minimum Gasteiger partial charge on any atom is -0.336 e. The van der Waals surface area contributed by atoms with Crippen LogP contribution in [0.4, 0.5) is 5.82 Å². The summed E-state index contributed by atoms with van der Waals surface area (Å²) in [6.45, 7) is 4.73. The summed E-state index contributed by atoms with van der Waals surface area (Å²) in [4.78, 5) is 33.3. The number of aryl methyl sites for hydroxylation is 2. The van der Waals surface area contributed by atoms with Gasteiger partial charge in [-0.3, -0.25) is 14.5 Å². The molecule has 0 saturated carbocycles. The van der Waals surface area contributed by atoms with E-state index in [1.165, 1.54) is 10.5 Å². The molecule has 1 aliphatic heterocycles. The molecule has 0 radical (unpaired) electrons. The number of fused-ring (bicyclic) bond motifs is 1. The molecule has 5 rings (SSSR count). The standard InChI is InChI=1S/C26H25N5O2/c1-18-8-9-21(19(2)14-18)22-15-23-26(27-11-13-31(23)28-22)29-16-24(32)30(25(33)17-29)12-10-20-6-4-3-5-7-20/h3-9,11,13-15H,10,12,16-17H2,1-2H3. The molecule has 0 bridgehead atoms. The second-order valence-electron chi connectivity index (χ2n) is 8.46. The Morgan fingerprint density at radius 3 is 2.42 bits per heavy atom. The first-order valence-corrected chi connectivity index (χ1v) is 11.0. The lowest BCUT2D eigenvalue weighted by molar-refractivity contribution is -0.145. The number of nitrogens with zero attached hydrogens (tertiary/aromatic N) is 5. The third-order valence-electron chi connectivity index (χ3n) is 6.05. The van der Waals surface area contributed by atoms with Gasteiger partial charge in [-0.25, -0.2) is 9.50 Å². The van der Waals surface area contributed by atoms with Gasteiger partial charge in [0.05, 0.1) is 18.8 Å². The molecule has 1 saturated heterocycles. The summed E-state index contributed by atoms with van der Waals surface area (Å²) >= 11 is 0. The summed E-state index contributed by atoms with van der Waals surface area (Å²) in [6, 6.07) is 18.1. The van der Waals surface area contributed by atoms with Crippen LogP contribution in [0.3, 0.4) is 0 Å². The van der Waals surface area contributed by atoms with Crippen molar-refractivity contribution in [2.45, 2.75) is 20.3 Å². The molecule has 166 valence electrons. The number of amides is 2. The Morgan fingerprint density at radius 1 is 0.939 bits per heavy atom. The average molecular weight is 440 g/mol. The van der Waals surface area contributed by atoms with Gasteiger partial charge in [0.25, 0.3) is 0 Å². The van der Waals surface area contributed by atoms with Crippen molar-refractivity contribution in [2.24, 2.45) is 0 Å². The number of hydrogen-bond donors (Lipinski definition) is 0. The Labute approximate surface area is 192 Å². The lowest BCUT2D eigenvalue weighted by Crippen LogP contribution is -2.54. The molecule has 2 aromatic heterocycles. The molecule has 7 nitrogen and oxygen atoms in total. The van der Waals surface area contributed by atoms with Gasteiger partial charge in [0.1, 0.15) is 5.52 Å². The lowest BCUT2D eigenvalue weighted by atomic mass is 10.0. The zero-order chi connectivity index (χ0) is 22.9. The fourth-order valence-corrected chi connectivity index (χ4v) is 4.36. The van der Waals surface area contributed by atoms with Crippen LogP contribution in [-0.2, 0) is 16.0 Å². The first-order valence-electron chi connectivity index (χ1n) is 11.0. The number of anilines is 1. The average Bonchev–Trinajstić information content (AvgIpc) is 3.23. The molecule has 0 N–H and O–H groups in total. The van der Waals surface area contributed by atoms with E-state index < -0.39 is 0 Å². The number of piperazine rings is 1. The molecule has 3 heterocycles. The third kappa shape index (κ3) is 4.09. The molecular formula is C26H25N5O2. The molecule has 2 aromatic carbocycles. The number of rotatable bonds is 5. The fraction of sp³-hybridized carbons (Fsp3) is 0.231. The molecule has 4 aromatic rings. The first-order chi connectivity index (χ1) is 16.0. The molecule has 1 aliphatic rings. The van der Waals surface area contributed by atoms with Gasteiger partial charge in [-0.05, 0) is 37.5 Å². The highest BCUT2D eigenvalue weighted by Crippen LogP contribution is 2.28. The van der Waals surface area contributed by atoms with Crippen molar-refractivity contribution < 1.29 is 9.59 Å². The van der Waals surface area contributed by atoms with Crippen molar-refractivity contribution in [1.29, 1.82) is 0 Å². The van der Waals surface area contributed by atoms with Gasteiger partial charge in [-0.15, -0.1) is 0 Å². The van der Waals surface area contributed by atoms with Gasteiger partial charge in [-0.1, -0.05) is 54.1 Å². The Kier molecular flexibility index (Phi) is 5.38. The zero-order valence-corrected chi connectivity index (χ0v) is 18.7. The minimum absolute atomic E-state index is 0.108. The number of carbonyl (C=O) groups is 2. The first kappa shape index (κ1) is 20.9. The van der Waals surface area contributed by atoms with Crippen LogP contribution >= 0.6 is 0 Å². The molecular weight excluding hydrogens is 414 g/mol. The van der Waals surface area contributed by atoms with E-state index in [1.807, 2.05) is 36.4 Å². The number of aromatic nitrogens is 3. The van der Waals surface area contributed by atoms with Gasteiger partial charge in [0.2, 0.25) is 11.8 Å². The maximum Gasteiger partial charge on any atom is 0.248 e. The number of hydrogen-bond acceptors (Lipinski definition) is 5. The van der Waals surface area contributed by atoms with Crippen LogP contribution in [0, 0.1) is 13.8 Å². The summed E-state index contributed by atoms with van der Waals surface area (Å²) in [5.41, 5.74) is 6.10. The van der Waals surface area contributed by atoms with Gasteiger partial charge in [0.15, 0.2) is 5.82 Å². The maximum absolute atomic E-state index is 12.9. The van der Waals surface area contributed by atoms with E-state index in [2.05, 4.69) is 37.0 Å². The molecule has 1 fully saturated rings. The molecule has 0 aliphatic carbocycles. The van der Waals surface area contributed by atoms with Crippen LogP contribution in [0.1, 0.15) is 16.7 Å². The quantitative estimate of drug-likeness (QED) is 0.446. The Morgan fingerprint density at radius 2 is 1.70 bits per heavy atom. The van der Waals surface area contributed by atoms with Crippen LogP contribution in [0.25, 0.3) is 16.8 Å². The van der Waals surface area contributed by atoms with E-state index in [4.69, 9.17) is 5.10 Å². The van der Waals surface area contributed by atoms with Crippen LogP contribution in [0.15, 0.2) is 67.0 Å². The smallest absolute Gasteiger partial charge is 0.248 e. The lowest BCUT2D eigenvalue weighted by Gasteiger charge is -2.33. The highest BCUT2D eigenvalue weighted by molar-refractivity contribution is 6.03. The van der Waals surface area contributed by atoms with E-state index in [1.54, 1.807) is 21.8 Å². The highest BCUT2D eigenvalue weighted by atomic mass is 16.2. The van der Waals surface area contributed by atoms with E-state index in [9.17, 15) is 9.59 Å². The van der Waals surface area contributed by atoms with Crippen molar-refractivity contribution in [3.8, 4) is 11.3 Å². The molecule has 0 atom stereocenters. The Bertz CT molecular complexity index is 1330. The normalized spacial score (nSPS) is 14.4. The van der Waals surface area contributed by atoms with Gasteiger partial charge in [0, 0.05) is 24.5 Å². The predicted octanol–water partition coefficient (Wildman–Crippen LogP) is 3.43. The van der Waals surface area contributed by atoms with Crippen molar-refractivity contribution in [2.75, 3.05) is 24.5 Å². The monoisotopic (exact) mass is 439 g/mol. The van der Waals surface area contributed by atoms with E-state index in [0.29, 0.717) is 18.8 Å². The SMILES string of the molecule is Cc1ccc(-c2cc3c(N4CC(=O)N(CCc5ccccc5)C(=O)C4)nccn3n2)c(C)c1.